The molecule has 0 aliphatic carbocycles. The number of anilines is 1. The lowest BCUT2D eigenvalue weighted by molar-refractivity contribution is -0.118. The van der Waals surface area contributed by atoms with E-state index in [4.69, 9.17) is 21.1 Å². The van der Waals surface area contributed by atoms with E-state index in [0.717, 1.165) is 25.8 Å². The number of carbonyl (C=O) groups is 1. The number of ether oxygens (including phenoxy) is 2. The topological polar surface area (TPSA) is 59.6 Å². The summed E-state index contributed by atoms with van der Waals surface area (Å²) in [5.74, 6) is 1.17. The van der Waals surface area contributed by atoms with Crippen molar-refractivity contribution in [2.24, 2.45) is 0 Å². The number of rotatable bonds is 2. The number of fused-ring (bicyclic) bond motifs is 1. The summed E-state index contributed by atoms with van der Waals surface area (Å²) < 4.78 is 10.5. The molecule has 108 valence electrons. The molecule has 1 fully saturated rings. The minimum Gasteiger partial charge on any atom is -0.454 e. The van der Waals surface area contributed by atoms with Gasteiger partial charge in [-0.25, -0.2) is 0 Å². The third kappa shape index (κ3) is 2.83. The van der Waals surface area contributed by atoms with Crippen LogP contribution in [-0.4, -0.2) is 25.3 Å². The van der Waals surface area contributed by atoms with Crippen LogP contribution in [0.15, 0.2) is 12.1 Å². The Kier molecular flexibility index (Phi) is 3.98. The molecule has 2 heterocycles. The predicted molar refractivity (Wildman–Crippen MR) is 76.5 cm³/mol. The van der Waals surface area contributed by atoms with Crippen LogP contribution in [-0.2, 0) is 4.79 Å². The summed E-state index contributed by atoms with van der Waals surface area (Å²) in [6.07, 6.45) is 4.21. The lowest BCUT2D eigenvalue weighted by Crippen LogP contribution is -2.39. The maximum atomic E-state index is 12.3. The van der Waals surface area contributed by atoms with Crippen molar-refractivity contribution in [3.05, 3.63) is 17.2 Å². The molecule has 6 heteroatoms. The van der Waals surface area contributed by atoms with Gasteiger partial charge in [-0.3, -0.25) is 4.79 Å². The molecule has 0 bridgehead atoms. The van der Waals surface area contributed by atoms with Crippen molar-refractivity contribution in [1.82, 2.24) is 5.32 Å². The lowest BCUT2D eigenvalue weighted by atomic mass is 10.1. The summed E-state index contributed by atoms with van der Waals surface area (Å²) in [7, 11) is 0. The van der Waals surface area contributed by atoms with Gasteiger partial charge in [0.05, 0.1) is 16.8 Å². The summed E-state index contributed by atoms with van der Waals surface area (Å²) in [4.78, 5) is 12.3. The molecule has 1 aromatic carbocycles. The highest BCUT2D eigenvalue weighted by Crippen LogP contribution is 2.39. The molecule has 1 saturated heterocycles. The number of hydrogen-bond donors (Lipinski definition) is 2. The van der Waals surface area contributed by atoms with Gasteiger partial charge < -0.3 is 20.1 Å². The molecule has 1 amide bonds. The van der Waals surface area contributed by atoms with Crippen LogP contribution in [0.2, 0.25) is 5.02 Å². The molecule has 1 unspecified atom stereocenters. The molecule has 2 aliphatic rings. The minimum absolute atomic E-state index is 0.0485. The predicted octanol–water partition coefficient (Wildman–Crippen LogP) is 2.54. The van der Waals surface area contributed by atoms with Gasteiger partial charge in [0, 0.05) is 12.1 Å². The maximum absolute atomic E-state index is 12.3. The van der Waals surface area contributed by atoms with Gasteiger partial charge in [0.2, 0.25) is 12.7 Å². The second-order valence-electron chi connectivity index (χ2n) is 5.03. The molecule has 3 rings (SSSR count). The number of carbonyl (C=O) groups excluding carboxylic acids is 1. The largest absolute Gasteiger partial charge is 0.454 e. The van der Waals surface area contributed by atoms with Gasteiger partial charge in [-0.1, -0.05) is 24.4 Å². The van der Waals surface area contributed by atoms with Gasteiger partial charge in [-0.05, 0) is 19.4 Å². The highest BCUT2D eigenvalue weighted by molar-refractivity contribution is 6.34. The van der Waals surface area contributed by atoms with Crippen molar-refractivity contribution in [1.29, 1.82) is 0 Å². The van der Waals surface area contributed by atoms with Crippen molar-refractivity contribution in [3.8, 4) is 11.5 Å². The smallest absolute Gasteiger partial charge is 0.241 e. The van der Waals surface area contributed by atoms with E-state index in [1.54, 1.807) is 12.1 Å². The first-order chi connectivity index (χ1) is 9.74. The first-order valence-electron chi connectivity index (χ1n) is 6.87. The molecular weight excluding hydrogens is 280 g/mol. The van der Waals surface area contributed by atoms with Crippen LogP contribution in [0.25, 0.3) is 0 Å². The van der Waals surface area contributed by atoms with E-state index >= 15 is 0 Å². The number of nitrogens with one attached hydrogen (secondary N) is 2. The first kappa shape index (κ1) is 13.5. The van der Waals surface area contributed by atoms with Crippen LogP contribution in [0.1, 0.15) is 25.7 Å². The van der Waals surface area contributed by atoms with E-state index in [1.807, 2.05) is 0 Å². The van der Waals surface area contributed by atoms with Crippen molar-refractivity contribution in [2.75, 3.05) is 18.7 Å². The standard InChI is InChI=1S/C14H17ClN2O3/c15-9-6-12-13(20-8-19-12)7-11(9)17-14(18)10-4-2-1-3-5-16-10/h6-7,10,16H,1-5,8H2,(H,17,18). The molecule has 1 aromatic rings. The van der Waals surface area contributed by atoms with Crippen LogP contribution in [0, 0.1) is 0 Å². The molecule has 20 heavy (non-hydrogen) atoms. The van der Waals surface area contributed by atoms with E-state index < -0.39 is 0 Å². The van der Waals surface area contributed by atoms with Crippen LogP contribution in [0.3, 0.4) is 0 Å². The van der Waals surface area contributed by atoms with Crippen LogP contribution in [0.5, 0.6) is 11.5 Å². The summed E-state index contributed by atoms with van der Waals surface area (Å²) in [6, 6.07) is 3.22. The van der Waals surface area contributed by atoms with Gasteiger partial charge in [-0.2, -0.15) is 0 Å². The highest BCUT2D eigenvalue weighted by atomic mass is 35.5. The third-order valence-electron chi connectivity index (χ3n) is 3.60. The molecule has 1 atom stereocenters. The number of amides is 1. The third-order valence-corrected chi connectivity index (χ3v) is 3.91. The lowest BCUT2D eigenvalue weighted by Gasteiger charge is -2.16. The molecule has 5 nitrogen and oxygen atoms in total. The fourth-order valence-electron chi connectivity index (χ4n) is 2.49. The van der Waals surface area contributed by atoms with E-state index in [2.05, 4.69) is 10.6 Å². The first-order valence-corrected chi connectivity index (χ1v) is 7.25. The van der Waals surface area contributed by atoms with E-state index in [1.165, 1.54) is 6.42 Å². The van der Waals surface area contributed by atoms with Gasteiger partial charge >= 0.3 is 0 Å². The Morgan fingerprint density at radius 3 is 2.90 bits per heavy atom. The Labute approximate surface area is 122 Å². The van der Waals surface area contributed by atoms with Crippen LogP contribution in [0.4, 0.5) is 5.69 Å². The minimum atomic E-state index is -0.154. The van der Waals surface area contributed by atoms with E-state index in [0.29, 0.717) is 22.2 Å². The molecule has 0 radical (unpaired) electrons. The number of hydrogen-bond acceptors (Lipinski definition) is 4. The quantitative estimate of drug-likeness (QED) is 0.880. The highest BCUT2D eigenvalue weighted by Gasteiger charge is 2.22. The second kappa shape index (κ2) is 5.89. The molecule has 2 aliphatic heterocycles. The number of halogens is 1. The van der Waals surface area contributed by atoms with Crippen LogP contribution >= 0.6 is 11.6 Å². The Balaban J connectivity index is 1.72. The van der Waals surface area contributed by atoms with Crippen molar-refractivity contribution < 1.29 is 14.3 Å². The molecule has 0 saturated carbocycles. The molecular formula is C14H17ClN2O3. The van der Waals surface area contributed by atoms with Crippen molar-refractivity contribution >= 4 is 23.2 Å². The van der Waals surface area contributed by atoms with Gasteiger partial charge in [-0.15, -0.1) is 0 Å². The fraction of sp³-hybridized carbons (Fsp3) is 0.500. The summed E-state index contributed by atoms with van der Waals surface area (Å²) in [5, 5.41) is 6.59. The van der Waals surface area contributed by atoms with Crippen LogP contribution < -0.4 is 20.1 Å². The fourth-order valence-corrected chi connectivity index (χ4v) is 2.69. The van der Waals surface area contributed by atoms with E-state index in [9.17, 15) is 4.79 Å². The average molecular weight is 297 g/mol. The molecule has 0 spiro atoms. The second-order valence-corrected chi connectivity index (χ2v) is 5.44. The summed E-state index contributed by atoms with van der Waals surface area (Å²) in [6.45, 7) is 1.07. The average Bonchev–Trinajstić information content (AvgIpc) is 2.72. The molecule has 2 N–H and O–H groups in total. The SMILES string of the molecule is O=C(Nc1cc2c(cc1Cl)OCO2)C1CCCCCN1. The zero-order valence-electron chi connectivity index (χ0n) is 11.1. The summed E-state index contributed by atoms with van der Waals surface area (Å²) >= 11 is 6.15. The Bertz CT molecular complexity index is 513. The Morgan fingerprint density at radius 2 is 2.05 bits per heavy atom. The van der Waals surface area contributed by atoms with Crippen molar-refractivity contribution in [3.63, 3.8) is 0 Å². The van der Waals surface area contributed by atoms with Gasteiger partial charge in [0.25, 0.3) is 0 Å². The van der Waals surface area contributed by atoms with Gasteiger partial charge in [0.15, 0.2) is 11.5 Å². The zero-order chi connectivity index (χ0) is 13.9. The Hall–Kier alpha value is -1.46. The van der Waals surface area contributed by atoms with Crippen molar-refractivity contribution in [2.45, 2.75) is 31.7 Å². The normalized spacial score (nSPS) is 21.4. The monoisotopic (exact) mass is 296 g/mol. The Morgan fingerprint density at radius 1 is 1.25 bits per heavy atom. The van der Waals surface area contributed by atoms with E-state index in [-0.39, 0.29) is 18.7 Å². The zero-order valence-corrected chi connectivity index (χ0v) is 11.8. The number of benzene rings is 1. The molecule has 0 aromatic heterocycles. The maximum Gasteiger partial charge on any atom is 0.241 e. The summed E-state index contributed by atoms with van der Waals surface area (Å²) in [5.41, 5.74) is 0.562. The van der Waals surface area contributed by atoms with Gasteiger partial charge in [0.1, 0.15) is 0 Å².